The van der Waals surface area contributed by atoms with Crippen LogP contribution in [-0.4, -0.2) is 35.4 Å². The van der Waals surface area contributed by atoms with Crippen molar-refractivity contribution < 1.29 is 4.79 Å². The molecule has 0 saturated carbocycles. The Morgan fingerprint density at radius 1 is 1.57 bits per heavy atom. The average Bonchev–Trinajstić information content (AvgIpc) is 2.60. The molecule has 0 aliphatic carbocycles. The van der Waals surface area contributed by atoms with E-state index in [9.17, 15) is 4.79 Å². The van der Waals surface area contributed by atoms with E-state index in [1.54, 1.807) is 16.8 Å². The molecule has 0 bridgehead atoms. The Morgan fingerprint density at radius 2 is 2.50 bits per heavy atom. The summed E-state index contributed by atoms with van der Waals surface area (Å²) in [6.45, 7) is 3.21. The fourth-order valence-corrected chi connectivity index (χ4v) is 2.10. The summed E-state index contributed by atoms with van der Waals surface area (Å²) in [6, 6.07) is 0. The third-order valence-corrected chi connectivity index (χ3v) is 3.02. The summed E-state index contributed by atoms with van der Waals surface area (Å²) < 4.78 is 0. The molecule has 0 radical (unpaired) electrons. The number of carbonyl (C=O) groups excluding carboxylic acids is 1. The van der Waals surface area contributed by atoms with Crippen molar-refractivity contribution in [2.24, 2.45) is 0 Å². The molecule has 1 fully saturated rings. The Labute approximate surface area is 86.9 Å². The van der Waals surface area contributed by atoms with Crippen LogP contribution in [0.2, 0.25) is 0 Å². The molecule has 1 N–H and O–H groups in total. The molecule has 1 aliphatic heterocycles. The topological polar surface area (TPSA) is 45.2 Å². The minimum atomic E-state index is 0.239. The van der Waals surface area contributed by atoms with E-state index in [-0.39, 0.29) is 5.91 Å². The van der Waals surface area contributed by atoms with Crippen LogP contribution < -0.4 is 5.32 Å². The molecule has 0 unspecified atom stereocenters. The first-order valence-electron chi connectivity index (χ1n) is 4.72. The van der Waals surface area contributed by atoms with Crippen LogP contribution in [0.1, 0.15) is 11.3 Å². The first kappa shape index (κ1) is 9.61. The Kier molecular flexibility index (Phi) is 3.10. The van der Waals surface area contributed by atoms with Gasteiger partial charge in [-0.1, -0.05) is 0 Å². The highest BCUT2D eigenvalue weighted by atomic mass is 32.1. The highest BCUT2D eigenvalue weighted by Gasteiger charge is 2.16. The average molecular weight is 211 g/mol. The van der Waals surface area contributed by atoms with Gasteiger partial charge in [0.25, 0.3) is 0 Å². The van der Waals surface area contributed by atoms with Crippen molar-refractivity contribution in [2.45, 2.75) is 13.0 Å². The van der Waals surface area contributed by atoms with Crippen LogP contribution in [0.4, 0.5) is 0 Å². The monoisotopic (exact) mass is 211 g/mol. The maximum Gasteiger partial charge on any atom is 0.224 e. The van der Waals surface area contributed by atoms with Crippen molar-refractivity contribution in [1.82, 2.24) is 15.2 Å². The summed E-state index contributed by atoms with van der Waals surface area (Å²) >= 11 is 1.60. The van der Waals surface area contributed by atoms with Gasteiger partial charge in [0.2, 0.25) is 5.91 Å². The van der Waals surface area contributed by atoms with Crippen molar-refractivity contribution >= 4 is 17.2 Å². The molecule has 0 aromatic carbocycles. The summed E-state index contributed by atoms with van der Waals surface area (Å²) in [5, 5.41) is 3.21. The predicted octanol–water partition coefficient (Wildman–Crippen LogP) is 0.465. The van der Waals surface area contributed by atoms with Crippen LogP contribution in [-0.2, 0) is 11.3 Å². The number of hydrogen-bond donors (Lipinski definition) is 1. The van der Waals surface area contributed by atoms with Gasteiger partial charge in [0.15, 0.2) is 0 Å². The molecule has 76 valence electrons. The number of nitrogens with zero attached hydrogens (tertiary/aromatic N) is 2. The van der Waals surface area contributed by atoms with Crippen LogP contribution in [0.15, 0.2) is 11.7 Å². The van der Waals surface area contributed by atoms with Gasteiger partial charge in [-0.25, -0.2) is 0 Å². The molecule has 0 spiro atoms. The first-order valence-corrected chi connectivity index (χ1v) is 5.60. The molecule has 2 rings (SSSR count). The van der Waals surface area contributed by atoms with Gasteiger partial charge in [0, 0.05) is 37.1 Å². The van der Waals surface area contributed by atoms with Crippen molar-refractivity contribution in [3.8, 4) is 0 Å². The summed E-state index contributed by atoms with van der Waals surface area (Å²) in [6.07, 6.45) is 2.44. The smallest absolute Gasteiger partial charge is 0.224 e. The van der Waals surface area contributed by atoms with Crippen molar-refractivity contribution in [3.05, 3.63) is 16.6 Å². The zero-order chi connectivity index (χ0) is 9.80. The molecule has 0 atom stereocenters. The van der Waals surface area contributed by atoms with E-state index in [2.05, 4.69) is 10.3 Å². The quantitative estimate of drug-likeness (QED) is 0.773. The number of aromatic nitrogens is 1. The fraction of sp³-hybridized carbons (Fsp3) is 0.556. The lowest BCUT2D eigenvalue weighted by atomic mass is 10.3. The lowest BCUT2D eigenvalue weighted by molar-refractivity contribution is -0.130. The standard InChI is InChI=1S/C9H13N3OS/c13-9-1-2-10-3-4-12(9)6-8-5-11-7-14-8/h5,7,10H,1-4,6H2. The van der Waals surface area contributed by atoms with Gasteiger partial charge in [0.05, 0.1) is 12.1 Å². The van der Waals surface area contributed by atoms with E-state index in [1.165, 1.54) is 0 Å². The van der Waals surface area contributed by atoms with Gasteiger partial charge in [-0.3, -0.25) is 9.78 Å². The minimum absolute atomic E-state index is 0.239. The Hall–Kier alpha value is -0.940. The highest BCUT2D eigenvalue weighted by Crippen LogP contribution is 2.10. The second-order valence-electron chi connectivity index (χ2n) is 3.28. The SMILES string of the molecule is O=C1CCNCCN1Cc1cncs1. The van der Waals surface area contributed by atoms with Crippen LogP contribution >= 0.6 is 11.3 Å². The Bertz CT molecular complexity index is 299. The molecule has 5 heteroatoms. The minimum Gasteiger partial charge on any atom is -0.336 e. The van der Waals surface area contributed by atoms with E-state index in [0.717, 1.165) is 24.5 Å². The fourth-order valence-electron chi connectivity index (χ4n) is 1.49. The van der Waals surface area contributed by atoms with E-state index >= 15 is 0 Å². The van der Waals surface area contributed by atoms with Gasteiger partial charge < -0.3 is 10.2 Å². The first-order chi connectivity index (χ1) is 6.86. The number of nitrogens with one attached hydrogen (secondary N) is 1. The molecule has 1 aliphatic rings. The van der Waals surface area contributed by atoms with Gasteiger partial charge in [-0.2, -0.15) is 0 Å². The second kappa shape index (κ2) is 4.52. The molecule has 1 saturated heterocycles. The zero-order valence-corrected chi connectivity index (χ0v) is 8.72. The summed E-state index contributed by atoms with van der Waals surface area (Å²) in [5.41, 5.74) is 1.80. The lowest BCUT2D eigenvalue weighted by Crippen LogP contribution is -2.31. The van der Waals surface area contributed by atoms with E-state index in [0.29, 0.717) is 13.0 Å². The van der Waals surface area contributed by atoms with Gasteiger partial charge >= 0.3 is 0 Å². The zero-order valence-electron chi connectivity index (χ0n) is 7.90. The molecular formula is C9H13N3OS. The van der Waals surface area contributed by atoms with E-state index in [4.69, 9.17) is 0 Å². The van der Waals surface area contributed by atoms with Gasteiger partial charge in [-0.05, 0) is 0 Å². The summed E-state index contributed by atoms with van der Waals surface area (Å²) in [7, 11) is 0. The Morgan fingerprint density at radius 3 is 3.29 bits per heavy atom. The molecule has 14 heavy (non-hydrogen) atoms. The number of hydrogen-bond acceptors (Lipinski definition) is 4. The molecule has 1 amide bonds. The Balaban J connectivity index is 1.98. The molecule has 2 heterocycles. The second-order valence-corrected chi connectivity index (χ2v) is 4.25. The van der Waals surface area contributed by atoms with Crippen LogP contribution in [0.5, 0.6) is 0 Å². The van der Waals surface area contributed by atoms with E-state index in [1.807, 2.05) is 11.1 Å². The van der Waals surface area contributed by atoms with E-state index < -0.39 is 0 Å². The summed E-state index contributed by atoms with van der Waals surface area (Å²) in [4.78, 5) is 18.7. The predicted molar refractivity (Wildman–Crippen MR) is 55.0 cm³/mol. The highest BCUT2D eigenvalue weighted by molar-refractivity contribution is 7.09. The third kappa shape index (κ3) is 2.30. The van der Waals surface area contributed by atoms with Gasteiger partial charge in [-0.15, -0.1) is 11.3 Å². The number of amides is 1. The molecule has 4 nitrogen and oxygen atoms in total. The largest absolute Gasteiger partial charge is 0.336 e. The van der Waals surface area contributed by atoms with Crippen LogP contribution in [0.25, 0.3) is 0 Å². The number of thiazole rings is 1. The summed E-state index contributed by atoms with van der Waals surface area (Å²) in [5.74, 6) is 0.239. The number of rotatable bonds is 2. The van der Waals surface area contributed by atoms with Gasteiger partial charge in [0.1, 0.15) is 0 Å². The van der Waals surface area contributed by atoms with Crippen molar-refractivity contribution in [3.63, 3.8) is 0 Å². The lowest BCUT2D eigenvalue weighted by Gasteiger charge is -2.18. The normalized spacial score (nSPS) is 18.3. The van der Waals surface area contributed by atoms with Crippen LogP contribution in [0, 0.1) is 0 Å². The maximum atomic E-state index is 11.6. The number of carbonyl (C=O) groups is 1. The molecular weight excluding hydrogens is 198 g/mol. The molecule has 1 aromatic rings. The maximum absolute atomic E-state index is 11.6. The van der Waals surface area contributed by atoms with Crippen molar-refractivity contribution in [1.29, 1.82) is 0 Å². The van der Waals surface area contributed by atoms with Crippen molar-refractivity contribution in [2.75, 3.05) is 19.6 Å². The van der Waals surface area contributed by atoms with Crippen LogP contribution in [0.3, 0.4) is 0 Å². The third-order valence-electron chi connectivity index (χ3n) is 2.26. The molecule has 1 aromatic heterocycles.